The highest BCUT2D eigenvalue weighted by atomic mass is 35.5. The van der Waals surface area contributed by atoms with Crippen LogP contribution in [0.5, 0.6) is 0 Å². The molecule has 96 valence electrons. The summed E-state index contributed by atoms with van der Waals surface area (Å²) >= 11 is 6.22. The van der Waals surface area contributed by atoms with E-state index in [-0.39, 0.29) is 18.1 Å². The first-order valence-electron chi connectivity index (χ1n) is 5.54. The summed E-state index contributed by atoms with van der Waals surface area (Å²) in [5.74, 6) is 0.321. The van der Waals surface area contributed by atoms with Gasteiger partial charge in [0.25, 0.3) is 0 Å². The van der Waals surface area contributed by atoms with Crippen molar-refractivity contribution in [1.29, 1.82) is 0 Å². The fraction of sp³-hybridized carbons (Fsp3) is 0.500. The Bertz CT molecular complexity index is 574. The van der Waals surface area contributed by atoms with Gasteiger partial charge in [-0.3, -0.25) is 4.57 Å². The van der Waals surface area contributed by atoms with Gasteiger partial charge < -0.3 is 15.6 Å². The number of aromatic nitrogens is 4. The van der Waals surface area contributed by atoms with Crippen molar-refractivity contribution in [2.75, 3.05) is 12.3 Å². The zero-order valence-electron chi connectivity index (χ0n) is 9.40. The van der Waals surface area contributed by atoms with Gasteiger partial charge in [0.15, 0.2) is 17.7 Å². The molecule has 0 bridgehead atoms. The number of aliphatic hydroxyl groups is 1. The molecule has 0 unspecified atom stereocenters. The van der Waals surface area contributed by atoms with Crippen LogP contribution in [0.4, 0.5) is 5.82 Å². The van der Waals surface area contributed by atoms with E-state index in [4.69, 9.17) is 27.2 Å². The van der Waals surface area contributed by atoms with Crippen LogP contribution in [-0.4, -0.2) is 42.7 Å². The normalized spacial score (nSPS) is 28.0. The number of aliphatic hydroxyl groups excluding tert-OH is 1. The van der Waals surface area contributed by atoms with Gasteiger partial charge in [0.1, 0.15) is 11.8 Å². The number of nitrogens with two attached hydrogens (primary N) is 1. The molecule has 0 saturated carbocycles. The first-order chi connectivity index (χ1) is 8.70. The Labute approximate surface area is 108 Å². The number of ether oxygens (including phenoxy) is 1. The standard InChI is InChI=1S/C10H12ClN5O2/c11-6-1-5(2-17)18-10(6)16-4-15-7-8(12)13-3-14-9(7)16/h3-6,10,17H,1-2H2,(H2,12,13,14)/t5-,6+,10+/m0/s1. The highest BCUT2D eigenvalue weighted by Gasteiger charge is 2.35. The molecule has 0 amide bonds. The third-order valence-electron chi connectivity index (χ3n) is 2.99. The zero-order valence-corrected chi connectivity index (χ0v) is 10.2. The number of alkyl halides is 1. The molecule has 1 fully saturated rings. The lowest BCUT2D eigenvalue weighted by Crippen LogP contribution is -2.16. The van der Waals surface area contributed by atoms with Crippen molar-refractivity contribution in [2.24, 2.45) is 0 Å². The van der Waals surface area contributed by atoms with E-state index in [0.717, 1.165) is 0 Å². The van der Waals surface area contributed by atoms with Crippen LogP contribution in [0.2, 0.25) is 0 Å². The molecule has 2 aromatic rings. The van der Waals surface area contributed by atoms with Crippen LogP contribution in [-0.2, 0) is 4.74 Å². The van der Waals surface area contributed by atoms with Crippen LogP contribution in [0, 0.1) is 0 Å². The summed E-state index contributed by atoms with van der Waals surface area (Å²) in [5.41, 5.74) is 6.82. The summed E-state index contributed by atoms with van der Waals surface area (Å²) in [6, 6.07) is 0. The molecule has 1 aliphatic heterocycles. The summed E-state index contributed by atoms with van der Waals surface area (Å²) in [5, 5.41) is 8.86. The molecule has 1 aliphatic rings. The number of nitrogens with zero attached hydrogens (tertiary/aromatic N) is 4. The Kier molecular flexibility index (Phi) is 2.81. The molecule has 8 heteroatoms. The molecule has 0 radical (unpaired) electrons. The molecule has 0 aliphatic carbocycles. The third-order valence-corrected chi connectivity index (χ3v) is 3.39. The lowest BCUT2D eigenvalue weighted by molar-refractivity contribution is -0.0199. The number of halogens is 1. The van der Waals surface area contributed by atoms with E-state index in [1.54, 1.807) is 10.9 Å². The Hall–Kier alpha value is -1.44. The Morgan fingerprint density at radius 1 is 1.50 bits per heavy atom. The Morgan fingerprint density at radius 2 is 2.33 bits per heavy atom. The fourth-order valence-electron chi connectivity index (χ4n) is 2.12. The predicted octanol–water partition coefficient (Wildman–Crippen LogP) is 0.296. The highest BCUT2D eigenvalue weighted by molar-refractivity contribution is 6.21. The number of anilines is 1. The number of rotatable bonds is 2. The van der Waals surface area contributed by atoms with Crippen LogP contribution in [0.1, 0.15) is 12.6 Å². The Balaban J connectivity index is 2.02. The van der Waals surface area contributed by atoms with Gasteiger partial charge in [0.05, 0.1) is 24.4 Å². The van der Waals surface area contributed by atoms with Crippen LogP contribution in [0.3, 0.4) is 0 Å². The summed E-state index contributed by atoms with van der Waals surface area (Å²) in [7, 11) is 0. The van der Waals surface area contributed by atoms with E-state index in [9.17, 15) is 0 Å². The highest BCUT2D eigenvalue weighted by Crippen LogP contribution is 2.34. The van der Waals surface area contributed by atoms with E-state index < -0.39 is 6.23 Å². The van der Waals surface area contributed by atoms with Crippen molar-refractivity contribution in [2.45, 2.75) is 24.1 Å². The van der Waals surface area contributed by atoms with Gasteiger partial charge in [0.2, 0.25) is 0 Å². The number of hydrogen-bond acceptors (Lipinski definition) is 6. The van der Waals surface area contributed by atoms with E-state index in [2.05, 4.69) is 15.0 Å². The molecule has 18 heavy (non-hydrogen) atoms. The maximum atomic E-state index is 9.10. The minimum absolute atomic E-state index is 0.0521. The van der Waals surface area contributed by atoms with E-state index in [0.29, 0.717) is 23.4 Å². The van der Waals surface area contributed by atoms with Gasteiger partial charge >= 0.3 is 0 Å². The van der Waals surface area contributed by atoms with Crippen molar-refractivity contribution in [3.05, 3.63) is 12.7 Å². The number of hydrogen-bond donors (Lipinski definition) is 2. The van der Waals surface area contributed by atoms with Crippen LogP contribution in [0.25, 0.3) is 11.2 Å². The SMILES string of the molecule is Nc1ncnc2c1ncn2[C@@H]1O[C@H](CO)C[C@H]1Cl. The van der Waals surface area contributed by atoms with Gasteiger partial charge in [-0.05, 0) is 6.42 Å². The van der Waals surface area contributed by atoms with Crippen molar-refractivity contribution in [1.82, 2.24) is 19.5 Å². The predicted molar refractivity (Wildman–Crippen MR) is 65.0 cm³/mol. The van der Waals surface area contributed by atoms with Crippen molar-refractivity contribution < 1.29 is 9.84 Å². The minimum Gasteiger partial charge on any atom is -0.394 e. The second-order valence-electron chi connectivity index (χ2n) is 4.17. The van der Waals surface area contributed by atoms with Gasteiger partial charge in [-0.1, -0.05) is 0 Å². The number of fused-ring (bicyclic) bond motifs is 1. The minimum atomic E-state index is -0.400. The molecule has 3 N–H and O–H groups in total. The quantitative estimate of drug-likeness (QED) is 0.761. The first-order valence-corrected chi connectivity index (χ1v) is 5.97. The first kappa shape index (κ1) is 11.6. The van der Waals surface area contributed by atoms with E-state index >= 15 is 0 Å². The van der Waals surface area contributed by atoms with Gasteiger partial charge in [-0.25, -0.2) is 15.0 Å². The summed E-state index contributed by atoms with van der Waals surface area (Å²) < 4.78 is 7.38. The molecule has 7 nitrogen and oxygen atoms in total. The molecule has 0 aromatic carbocycles. The molecule has 1 saturated heterocycles. The fourth-order valence-corrected chi connectivity index (χ4v) is 2.50. The van der Waals surface area contributed by atoms with Crippen molar-refractivity contribution >= 4 is 28.6 Å². The van der Waals surface area contributed by atoms with Gasteiger partial charge in [-0.2, -0.15) is 0 Å². The molecule has 2 aromatic heterocycles. The van der Waals surface area contributed by atoms with Crippen molar-refractivity contribution in [3.63, 3.8) is 0 Å². The van der Waals surface area contributed by atoms with E-state index in [1.807, 2.05) is 0 Å². The molecule has 3 rings (SSSR count). The van der Waals surface area contributed by atoms with E-state index in [1.165, 1.54) is 6.33 Å². The van der Waals surface area contributed by atoms with Gasteiger partial charge in [0, 0.05) is 0 Å². The smallest absolute Gasteiger partial charge is 0.167 e. The zero-order chi connectivity index (χ0) is 12.7. The van der Waals surface area contributed by atoms with Crippen LogP contribution < -0.4 is 5.73 Å². The average molecular weight is 270 g/mol. The topological polar surface area (TPSA) is 99.1 Å². The largest absolute Gasteiger partial charge is 0.394 e. The number of nitrogen functional groups attached to an aromatic ring is 1. The molecule has 3 atom stereocenters. The second-order valence-corrected chi connectivity index (χ2v) is 4.73. The lowest BCUT2D eigenvalue weighted by atomic mass is 10.2. The maximum absolute atomic E-state index is 9.10. The van der Waals surface area contributed by atoms with Crippen molar-refractivity contribution in [3.8, 4) is 0 Å². The average Bonchev–Trinajstić information content (AvgIpc) is 2.93. The third kappa shape index (κ3) is 1.71. The van der Waals surface area contributed by atoms with Crippen LogP contribution >= 0.6 is 11.6 Å². The number of imidazole rings is 1. The maximum Gasteiger partial charge on any atom is 0.167 e. The summed E-state index contributed by atoms with van der Waals surface area (Å²) in [6.45, 7) is -0.0521. The molecular weight excluding hydrogens is 258 g/mol. The lowest BCUT2D eigenvalue weighted by Gasteiger charge is -2.15. The molecular formula is C10H12ClN5O2. The second kappa shape index (κ2) is 4.34. The van der Waals surface area contributed by atoms with Gasteiger partial charge in [-0.15, -0.1) is 11.6 Å². The summed E-state index contributed by atoms with van der Waals surface area (Å²) in [6.07, 6.45) is 2.88. The van der Waals surface area contributed by atoms with Crippen LogP contribution in [0.15, 0.2) is 12.7 Å². The molecule has 3 heterocycles. The monoisotopic (exact) mass is 269 g/mol. The molecule has 0 spiro atoms. The summed E-state index contributed by atoms with van der Waals surface area (Å²) in [4.78, 5) is 12.2. The Morgan fingerprint density at radius 3 is 3.06 bits per heavy atom.